The minimum atomic E-state index is -0.370. The molecular weight excluding hydrogens is 357 g/mol. The molecule has 21 heavy (non-hydrogen) atoms. The van der Waals surface area contributed by atoms with E-state index in [1.807, 2.05) is 20.8 Å². The number of anilines is 1. The van der Waals surface area contributed by atoms with E-state index in [0.29, 0.717) is 26.7 Å². The van der Waals surface area contributed by atoms with Crippen LogP contribution >= 0.6 is 27.5 Å². The minimum Gasteiger partial charge on any atom is -0.383 e. The number of nitrogens with two attached hydrogens (primary N) is 1. The quantitative estimate of drug-likeness (QED) is 0.844. The van der Waals surface area contributed by atoms with Gasteiger partial charge < -0.3 is 5.73 Å². The molecule has 2 aromatic rings. The van der Waals surface area contributed by atoms with Crippen molar-refractivity contribution in [1.29, 1.82) is 0 Å². The first-order chi connectivity index (χ1) is 9.70. The number of nitrogen functional groups attached to an aromatic ring is 1. The van der Waals surface area contributed by atoms with Crippen LogP contribution in [0.1, 0.15) is 37.9 Å². The molecule has 2 N–H and O–H groups in total. The average Bonchev–Trinajstić information content (AvgIpc) is 2.36. The van der Waals surface area contributed by atoms with E-state index in [2.05, 4.69) is 25.9 Å². The van der Waals surface area contributed by atoms with E-state index in [4.69, 9.17) is 17.3 Å². The van der Waals surface area contributed by atoms with E-state index in [1.165, 1.54) is 6.07 Å². The van der Waals surface area contributed by atoms with Crippen molar-refractivity contribution in [3.05, 3.63) is 50.6 Å². The molecule has 0 aliphatic heterocycles. The van der Waals surface area contributed by atoms with Crippen LogP contribution in [0.15, 0.2) is 22.7 Å². The molecule has 0 bridgehead atoms. The van der Waals surface area contributed by atoms with Crippen molar-refractivity contribution in [2.45, 2.75) is 32.6 Å². The molecule has 112 valence electrons. The molecule has 1 heterocycles. The van der Waals surface area contributed by atoms with Gasteiger partial charge in [-0.25, -0.2) is 14.4 Å². The van der Waals surface area contributed by atoms with E-state index in [9.17, 15) is 4.39 Å². The Morgan fingerprint density at radius 2 is 1.95 bits per heavy atom. The third kappa shape index (κ3) is 3.52. The van der Waals surface area contributed by atoms with Crippen LogP contribution in [0, 0.1) is 5.82 Å². The van der Waals surface area contributed by atoms with E-state index in [0.717, 1.165) is 5.69 Å². The van der Waals surface area contributed by atoms with E-state index < -0.39 is 0 Å². The number of nitrogens with zero attached hydrogens (tertiary/aromatic N) is 2. The summed E-state index contributed by atoms with van der Waals surface area (Å²) >= 11 is 9.46. The lowest BCUT2D eigenvalue weighted by Crippen LogP contribution is -2.18. The van der Waals surface area contributed by atoms with Gasteiger partial charge in [0.15, 0.2) is 0 Å². The molecule has 0 unspecified atom stereocenters. The molecule has 1 aromatic carbocycles. The molecule has 2 rings (SSSR count). The highest BCUT2D eigenvalue weighted by Gasteiger charge is 2.23. The summed E-state index contributed by atoms with van der Waals surface area (Å²) in [5, 5.41) is 0.359. The van der Waals surface area contributed by atoms with Crippen molar-refractivity contribution < 1.29 is 4.39 Å². The van der Waals surface area contributed by atoms with Gasteiger partial charge in [0.05, 0.1) is 10.2 Å². The number of hydrogen-bond acceptors (Lipinski definition) is 3. The monoisotopic (exact) mass is 371 g/mol. The molecule has 0 amide bonds. The minimum absolute atomic E-state index is 0.200. The average molecular weight is 373 g/mol. The van der Waals surface area contributed by atoms with Crippen LogP contribution in [-0.2, 0) is 11.8 Å². The fourth-order valence-corrected chi connectivity index (χ4v) is 2.95. The first-order valence-electron chi connectivity index (χ1n) is 6.45. The summed E-state index contributed by atoms with van der Waals surface area (Å²) < 4.78 is 14.5. The zero-order valence-electron chi connectivity index (χ0n) is 12.0. The zero-order chi connectivity index (χ0) is 15.8. The predicted octanol–water partition coefficient (Wildman–Crippen LogP) is 4.50. The molecule has 0 saturated carbocycles. The Hall–Kier alpha value is -1.20. The molecule has 0 fully saturated rings. The third-order valence-corrected chi connectivity index (χ3v) is 4.17. The Kier molecular flexibility index (Phi) is 4.54. The lowest BCUT2D eigenvalue weighted by atomic mass is 9.91. The summed E-state index contributed by atoms with van der Waals surface area (Å²) in [5.74, 6) is 0.426. The number of rotatable bonds is 2. The van der Waals surface area contributed by atoms with E-state index in [1.54, 1.807) is 12.1 Å². The number of aromatic nitrogens is 2. The second-order valence-corrected chi connectivity index (χ2v) is 7.01. The Labute approximate surface area is 136 Å². The summed E-state index contributed by atoms with van der Waals surface area (Å²) in [6.07, 6.45) is 0.200. The van der Waals surface area contributed by atoms with Gasteiger partial charge in [-0.1, -0.05) is 38.4 Å². The summed E-state index contributed by atoms with van der Waals surface area (Å²) in [7, 11) is 0. The van der Waals surface area contributed by atoms with Gasteiger partial charge in [-0.2, -0.15) is 0 Å². The molecule has 0 aliphatic carbocycles. The van der Waals surface area contributed by atoms with Gasteiger partial charge in [0.25, 0.3) is 0 Å². The fraction of sp³-hybridized carbons (Fsp3) is 0.333. The van der Waals surface area contributed by atoms with Gasteiger partial charge in [0.2, 0.25) is 0 Å². The van der Waals surface area contributed by atoms with Gasteiger partial charge in [-0.15, -0.1) is 0 Å². The van der Waals surface area contributed by atoms with Crippen LogP contribution < -0.4 is 5.73 Å². The Morgan fingerprint density at radius 3 is 2.52 bits per heavy atom. The van der Waals surface area contributed by atoms with Crippen molar-refractivity contribution in [2.75, 3.05) is 5.73 Å². The highest BCUT2D eigenvalue weighted by Crippen LogP contribution is 2.32. The maximum Gasteiger partial charge on any atom is 0.141 e. The van der Waals surface area contributed by atoms with Crippen LogP contribution in [0.5, 0.6) is 0 Å². The van der Waals surface area contributed by atoms with Gasteiger partial charge in [-0.3, -0.25) is 0 Å². The Morgan fingerprint density at radius 1 is 1.29 bits per heavy atom. The summed E-state index contributed by atoms with van der Waals surface area (Å²) in [6.45, 7) is 6.08. The van der Waals surface area contributed by atoms with Gasteiger partial charge in [0, 0.05) is 22.4 Å². The van der Waals surface area contributed by atoms with E-state index in [-0.39, 0.29) is 17.7 Å². The molecule has 1 aromatic heterocycles. The number of benzene rings is 1. The van der Waals surface area contributed by atoms with Crippen molar-refractivity contribution in [1.82, 2.24) is 9.97 Å². The molecule has 6 heteroatoms. The van der Waals surface area contributed by atoms with Crippen LogP contribution in [0.4, 0.5) is 10.2 Å². The third-order valence-electron chi connectivity index (χ3n) is 3.03. The molecule has 0 atom stereocenters. The highest BCUT2D eigenvalue weighted by atomic mass is 79.9. The standard InChI is InChI=1S/C15H16BrClFN3/c1-15(2,3)13-12(16)14(19)21-11(20-13)7-8-9(17)5-4-6-10(8)18/h4-6H,7H2,1-3H3,(H2,19,20,21). The SMILES string of the molecule is CC(C)(C)c1nc(Cc2c(F)cccc2Cl)nc(N)c1Br. The summed E-state index contributed by atoms with van der Waals surface area (Å²) in [4.78, 5) is 8.74. The normalized spacial score (nSPS) is 11.7. The van der Waals surface area contributed by atoms with E-state index >= 15 is 0 Å². The zero-order valence-corrected chi connectivity index (χ0v) is 14.4. The highest BCUT2D eigenvalue weighted by molar-refractivity contribution is 9.10. The summed E-state index contributed by atoms with van der Waals surface area (Å²) in [5.41, 5.74) is 6.88. The van der Waals surface area contributed by atoms with Crippen molar-refractivity contribution >= 4 is 33.3 Å². The van der Waals surface area contributed by atoms with Crippen molar-refractivity contribution in [2.24, 2.45) is 0 Å². The first kappa shape index (κ1) is 16.2. The van der Waals surface area contributed by atoms with Crippen LogP contribution in [0.25, 0.3) is 0 Å². The second kappa shape index (κ2) is 5.89. The molecule has 3 nitrogen and oxygen atoms in total. The molecule has 0 radical (unpaired) electrons. The van der Waals surface area contributed by atoms with Crippen LogP contribution in [0.3, 0.4) is 0 Å². The smallest absolute Gasteiger partial charge is 0.141 e. The molecular formula is C15H16BrClFN3. The maximum absolute atomic E-state index is 13.9. The Bertz CT molecular complexity index is 663. The summed E-state index contributed by atoms with van der Waals surface area (Å²) in [6, 6.07) is 4.58. The Balaban J connectivity index is 2.49. The largest absolute Gasteiger partial charge is 0.383 e. The molecule has 0 spiro atoms. The van der Waals surface area contributed by atoms with Gasteiger partial charge in [0.1, 0.15) is 17.5 Å². The first-order valence-corrected chi connectivity index (χ1v) is 7.62. The van der Waals surface area contributed by atoms with Crippen LogP contribution in [0.2, 0.25) is 5.02 Å². The lowest BCUT2D eigenvalue weighted by Gasteiger charge is -2.21. The van der Waals surface area contributed by atoms with Crippen molar-refractivity contribution in [3.63, 3.8) is 0 Å². The molecule has 0 aliphatic rings. The lowest BCUT2D eigenvalue weighted by molar-refractivity contribution is 0.558. The molecule has 0 saturated heterocycles. The second-order valence-electron chi connectivity index (χ2n) is 5.81. The number of halogens is 3. The van der Waals surface area contributed by atoms with Crippen LogP contribution in [-0.4, -0.2) is 9.97 Å². The van der Waals surface area contributed by atoms with Gasteiger partial charge >= 0.3 is 0 Å². The predicted molar refractivity (Wildman–Crippen MR) is 87.1 cm³/mol. The maximum atomic E-state index is 13.9. The number of hydrogen-bond donors (Lipinski definition) is 1. The van der Waals surface area contributed by atoms with Crippen molar-refractivity contribution in [3.8, 4) is 0 Å². The van der Waals surface area contributed by atoms with Gasteiger partial charge in [-0.05, 0) is 28.1 Å². The topological polar surface area (TPSA) is 51.8 Å². The fourth-order valence-electron chi connectivity index (χ4n) is 1.95.